The van der Waals surface area contributed by atoms with Crippen LogP contribution < -0.4 is 4.72 Å². The molecule has 0 amide bonds. The van der Waals surface area contributed by atoms with Gasteiger partial charge in [-0.3, -0.25) is 4.72 Å². The van der Waals surface area contributed by atoms with Crippen LogP contribution >= 0.6 is 11.3 Å². The molecule has 0 saturated carbocycles. The SMILES string of the molecule is CS(=O)(=O)Nc1ccc(C[C@H]2c3ccccc3CCc3sccc32)cc1. The van der Waals surface area contributed by atoms with Crippen LogP contribution in [0, 0.1) is 0 Å². The minimum Gasteiger partial charge on any atom is -0.284 e. The predicted octanol–water partition coefficient (Wildman–Crippen LogP) is 4.59. The maximum Gasteiger partial charge on any atom is 0.229 e. The number of rotatable bonds is 4. The summed E-state index contributed by atoms with van der Waals surface area (Å²) in [6.07, 6.45) is 4.29. The van der Waals surface area contributed by atoms with Crippen LogP contribution in [-0.4, -0.2) is 14.7 Å². The molecule has 0 saturated heterocycles. The zero-order valence-electron chi connectivity index (χ0n) is 14.6. The molecule has 4 rings (SSSR count). The summed E-state index contributed by atoms with van der Waals surface area (Å²) in [5.41, 5.74) is 6.12. The van der Waals surface area contributed by atoms with E-state index in [1.807, 2.05) is 35.6 Å². The average molecular weight is 384 g/mol. The number of thiophene rings is 1. The first-order chi connectivity index (χ1) is 12.5. The molecular formula is C21H21NO2S2. The number of nitrogens with one attached hydrogen (secondary N) is 1. The molecule has 0 fully saturated rings. The largest absolute Gasteiger partial charge is 0.284 e. The summed E-state index contributed by atoms with van der Waals surface area (Å²) in [5.74, 6) is 0.351. The molecule has 2 aromatic carbocycles. The molecular weight excluding hydrogens is 362 g/mol. The lowest BCUT2D eigenvalue weighted by molar-refractivity contribution is 0.607. The average Bonchev–Trinajstić information content (AvgIpc) is 3.01. The highest BCUT2D eigenvalue weighted by Crippen LogP contribution is 2.38. The molecule has 5 heteroatoms. The van der Waals surface area contributed by atoms with Crippen molar-refractivity contribution in [3.05, 3.63) is 87.1 Å². The summed E-state index contributed by atoms with van der Waals surface area (Å²) in [5, 5.41) is 2.20. The number of aryl methyl sites for hydroxylation is 2. The summed E-state index contributed by atoms with van der Waals surface area (Å²) >= 11 is 1.86. The van der Waals surface area contributed by atoms with Crippen molar-refractivity contribution < 1.29 is 8.42 Å². The molecule has 1 aliphatic rings. The smallest absolute Gasteiger partial charge is 0.229 e. The molecule has 0 spiro atoms. The van der Waals surface area contributed by atoms with Crippen molar-refractivity contribution in [2.75, 3.05) is 11.0 Å². The molecule has 1 aromatic heterocycles. The molecule has 26 heavy (non-hydrogen) atoms. The van der Waals surface area contributed by atoms with Crippen LogP contribution in [0.25, 0.3) is 0 Å². The number of hydrogen-bond donors (Lipinski definition) is 1. The molecule has 134 valence electrons. The summed E-state index contributed by atoms with van der Waals surface area (Å²) < 4.78 is 25.3. The molecule has 0 aliphatic heterocycles. The van der Waals surface area contributed by atoms with Gasteiger partial charge in [-0.15, -0.1) is 11.3 Å². The van der Waals surface area contributed by atoms with Crippen LogP contribution in [0.5, 0.6) is 0 Å². The van der Waals surface area contributed by atoms with Crippen molar-refractivity contribution >= 4 is 27.0 Å². The highest BCUT2D eigenvalue weighted by atomic mass is 32.2. The molecule has 1 heterocycles. The zero-order valence-corrected chi connectivity index (χ0v) is 16.2. The zero-order chi connectivity index (χ0) is 18.1. The van der Waals surface area contributed by atoms with Crippen LogP contribution in [0.15, 0.2) is 60.0 Å². The maximum absolute atomic E-state index is 11.4. The molecule has 1 N–H and O–H groups in total. The molecule has 1 atom stereocenters. The van der Waals surface area contributed by atoms with Crippen LogP contribution in [0.3, 0.4) is 0 Å². The van der Waals surface area contributed by atoms with Crippen LogP contribution in [0.1, 0.15) is 33.0 Å². The van der Waals surface area contributed by atoms with E-state index in [-0.39, 0.29) is 0 Å². The van der Waals surface area contributed by atoms with Crippen LogP contribution in [0.4, 0.5) is 5.69 Å². The van der Waals surface area contributed by atoms with E-state index in [0.29, 0.717) is 11.6 Å². The lowest BCUT2D eigenvalue weighted by atomic mass is 9.85. The van der Waals surface area contributed by atoms with Crippen LogP contribution in [-0.2, 0) is 29.3 Å². The topological polar surface area (TPSA) is 46.2 Å². The Bertz CT molecular complexity index is 1020. The highest BCUT2D eigenvalue weighted by molar-refractivity contribution is 7.92. The molecule has 0 unspecified atom stereocenters. The van der Waals surface area contributed by atoms with E-state index in [1.165, 1.54) is 33.4 Å². The Labute approximate surface area is 158 Å². The van der Waals surface area contributed by atoms with Gasteiger partial charge in [0.2, 0.25) is 10.0 Å². The standard InChI is InChI=1S/C21H21NO2S2/c1-26(23,24)22-17-9-6-15(7-10-17)14-20-18-5-3-2-4-16(18)8-11-21-19(20)12-13-25-21/h2-7,9-10,12-13,20,22H,8,11,14H2,1H3/t20-/m0/s1. The van der Waals surface area contributed by atoms with E-state index in [4.69, 9.17) is 0 Å². The summed E-state index contributed by atoms with van der Waals surface area (Å²) in [6.45, 7) is 0. The van der Waals surface area contributed by atoms with Crippen molar-refractivity contribution in [2.24, 2.45) is 0 Å². The van der Waals surface area contributed by atoms with Crippen molar-refractivity contribution in [1.29, 1.82) is 0 Å². The third-order valence-corrected chi connectivity index (χ3v) is 6.51. The van der Waals surface area contributed by atoms with Crippen molar-refractivity contribution in [3.8, 4) is 0 Å². The van der Waals surface area contributed by atoms with Gasteiger partial charge in [0.05, 0.1) is 6.26 Å². The van der Waals surface area contributed by atoms with Gasteiger partial charge in [-0.25, -0.2) is 8.42 Å². The third kappa shape index (κ3) is 3.69. The first-order valence-electron chi connectivity index (χ1n) is 8.70. The van der Waals surface area contributed by atoms with Gasteiger partial charge in [-0.1, -0.05) is 36.4 Å². The second-order valence-corrected chi connectivity index (χ2v) is 9.57. The quantitative estimate of drug-likeness (QED) is 0.716. The molecule has 3 nitrogen and oxygen atoms in total. The van der Waals surface area contributed by atoms with Gasteiger partial charge in [0.15, 0.2) is 0 Å². The van der Waals surface area contributed by atoms with E-state index in [9.17, 15) is 8.42 Å². The maximum atomic E-state index is 11.4. The van der Waals surface area contributed by atoms with E-state index in [2.05, 4.69) is 40.4 Å². The van der Waals surface area contributed by atoms with E-state index >= 15 is 0 Å². The lowest BCUT2D eigenvalue weighted by Gasteiger charge is -2.19. The fourth-order valence-corrected chi connectivity index (χ4v) is 5.27. The second kappa shape index (κ2) is 6.89. The Morgan fingerprint density at radius 3 is 2.54 bits per heavy atom. The number of anilines is 1. The summed E-state index contributed by atoms with van der Waals surface area (Å²) in [4.78, 5) is 1.49. The molecule has 1 aliphatic carbocycles. The minimum absolute atomic E-state index is 0.351. The Morgan fingerprint density at radius 2 is 1.77 bits per heavy atom. The van der Waals surface area contributed by atoms with Gasteiger partial charge in [-0.2, -0.15) is 0 Å². The normalized spacial score (nSPS) is 16.4. The lowest BCUT2D eigenvalue weighted by Crippen LogP contribution is -2.10. The Kier molecular flexibility index (Phi) is 4.59. The summed E-state index contributed by atoms with van der Waals surface area (Å²) in [6, 6.07) is 18.8. The van der Waals surface area contributed by atoms with Gasteiger partial charge >= 0.3 is 0 Å². The van der Waals surface area contributed by atoms with Crippen molar-refractivity contribution in [3.63, 3.8) is 0 Å². The fraction of sp³-hybridized carbons (Fsp3) is 0.238. The highest BCUT2D eigenvalue weighted by Gasteiger charge is 2.24. The molecule has 0 radical (unpaired) electrons. The van der Waals surface area contributed by atoms with E-state index in [1.54, 1.807) is 0 Å². The Balaban J connectivity index is 1.66. The number of benzene rings is 2. The fourth-order valence-electron chi connectivity index (χ4n) is 3.76. The number of hydrogen-bond acceptors (Lipinski definition) is 3. The first-order valence-corrected chi connectivity index (χ1v) is 11.5. The minimum atomic E-state index is -3.24. The van der Waals surface area contributed by atoms with Gasteiger partial charge in [0.25, 0.3) is 0 Å². The van der Waals surface area contributed by atoms with Gasteiger partial charge < -0.3 is 0 Å². The first kappa shape index (κ1) is 17.3. The third-order valence-electron chi connectivity index (χ3n) is 4.90. The van der Waals surface area contributed by atoms with Gasteiger partial charge in [0.1, 0.15) is 0 Å². The van der Waals surface area contributed by atoms with Gasteiger partial charge in [0, 0.05) is 16.5 Å². The second-order valence-electron chi connectivity index (χ2n) is 6.83. The Hall–Kier alpha value is -2.11. The van der Waals surface area contributed by atoms with E-state index < -0.39 is 10.0 Å². The van der Waals surface area contributed by atoms with E-state index in [0.717, 1.165) is 19.3 Å². The van der Waals surface area contributed by atoms with Crippen molar-refractivity contribution in [1.82, 2.24) is 0 Å². The Morgan fingerprint density at radius 1 is 1.00 bits per heavy atom. The summed E-state index contributed by atoms with van der Waals surface area (Å²) in [7, 11) is -3.24. The van der Waals surface area contributed by atoms with Crippen LogP contribution in [0.2, 0.25) is 0 Å². The number of sulfonamides is 1. The molecule has 0 bridgehead atoms. The molecule has 3 aromatic rings. The monoisotopic (exact) mass is 383 g/mol. The predicted molar refractivity (Wildman–Crippen MR) is 109 cm³/mol. The van der Waals surface area contributed by atoms with Gasteiger partial charge in [-0.05, 0) is 65.1 Å². The number of fused-ring (bicyclic) bond motifs is 2. The van der Waals surface area contributed by atoms with Crippen molar-refractivity contribution in [2.45, 2.75) is 25.2 Å².